The Morgan fingerprint density at radius 2 is 1.46 bits per heavy atom. The fourth-order valence-corrected chi connectivity index (χ4v) is 9.20. The summed E-state index contributed by atoms with van der Waals surface area (Å²) in [7, 11) is 2.03. The van der Waals surface area contributed by atoms with Crippen LogP contribution in [0.1, 0.15) is 65.2 Å². The summed E-state index contributed by atoms with van der Waals surface area (Å²) in [4.78, 5) is 28.5. The van der Waals surface area contributed by atoms with Gasteiger partial charge in [0, 0.05) is 25.4 Å². The van der Waals surface area contributed by atoms with Gasteiger partial charge in [-0.1, -0.05) is 50.2 Å². The molecule has 2 aromatic rings. The highest BCUT2D eigenvalue weighted by Crippen LogP contribution is 2.66. The molecule has 196 valence electrons. The van der Waals surface area contributed by atoms with Crippen molar-refractivity contribution in [2.75, 3.05) is 12.1 Å². The van der Waals surface area contributed by atoms with Gasteiger partial charge >= 0.3 is 0 Å². The molecule has 1 saturated heterocycles. The first kappa shape index (κ1) is 24.5. The second-order valence-corrected chi connectivity index (χ2v) is 12.6. The minimum Gasteiger partial charge on any atom is -0.342 e. The minimum atomic E-state index is 0.0227. The van der Waals surface area contributed by atoms with Gasteiger partial charge in [0.15, 0.2) is 0 Å². The second kappa shape index (κ2) is 9.18. The maximum atomic E-state index is 14.0. The standard InChI is InChI=1S/C32H41N3O2/c1-31-20-18-26-24(14-17-28-32(26,2)21-19-29(36)34(28)3)25(31)15-16-27(31)30(37)33-35(22-10-6-4-7-11-22)23-12-8-5-9-13-23/h4-13,24-28H,14-21H2,1-3H3,(H,33,37)/t24-,25-,26+,27?,28?,31-,32+/m0/s1. The van der Waals surface area contributed by atoms with Crippen LogP contribution in [0.3, 0.4) is 0 Å². The molecule has 4 fully saturated rings. The van der Waals surface area contributed by atoms with Crippen molar-refractivity contribution in [1.29, 1.82) is 0 Å². The van der Waals surface area contributed by atoms with Crippen molar-refractivity contribution in [1.82, 2.24) is 10.3 Å². The van der Waals surface area contributed by atoms with Crippen LogP contribution in [-0.4, -0.2) is 29.8 Å². The molecular formula is C32H41N3O2. The van der Waals surface area contributed by atoms with Gasteiger partial charge in [0.2, 0.25) is 11.8 Å². The quantitative estimate of drug-likeness (QED) is 0.500. The Morgan fingerprint density at radius 3 is 2.11 bits per heavy atom. The second-order valence-electron chi connectivity index (χ2n) is 12.6. The summed E-state index contributed by atoms with van der Waals surface area (Å²) in [5.74, 6) is 2.41. The van der Waals surface area contributed by atoms with Gasteiger partial charge in [-0.05, 0) is 97.8 Å². The van der Waals surface area contributed by atoms with Gasteiger partial charge in [-0.25, -0.2) is 0 Å². The molecule has 2 unspecified atom stereocenters. The monoisotopic (exact) mass is 499 g/mol. The van der Waals surface area contributed by atoms with E-state index in [2.05, 4.69) is 24.2 Å². The van der Waals surface area contributed by atoms with Crippen molar-refractivity contribution in [2.24, 2.45) is 34.5 Å². The van der Waals surface area contributed by atoms with Crippen molar-refractivity contribution >= 4 is 23.2 Å². The topological polar surface area (TPSA) is 52.7 Å². The number of benzene rings is 2. The van der Waals surface area contributed by atoms with E-state index in [0.717, 1.165) is 43.5 Å². The third kappa shape index (κ3) is 3.88. The molecule has 4 aliphatic rings. The Labute approximate surface area is 221 Å². The van der Waals surface area contributed by atoms with Crippen LogP contribution in [0.15, 0.2) is 60.7 Å². The summed E-state index contributed by atoms with van der Waals surface area (Å²) in [6, 6.07) is 20.6. The van der Waals surface area contributed by atoms with Gasteiger partial charge in [-0.2, -0.15) is 0 Å². The van der Waals surface area contributed by atoms with Gasteiger partial charge < -0.3 is 4.90 Å². The van der Waals surface area contributed by atoms with E-state index < -0.39 is 0 Å². The summed E-state index contributed by atoms with van der Waals surface area (Å²) in [5, 5.41) is 1.95. The van der Waals surface area contributed by atoms with Crippen molar-refractivity contribution in [3.05, 3.63) is 60.7 Å². The molecule has 5 heteroatoms. The summed E-state index contributed by atoms with van der Waals surface area (Å²) in [6.07, 6.45) is 8.41. The number of anilines is 2. The maximum absolute atomic E-state index is 14.0. The fourth-order valence-electron chi connectivity index (χ4n) is 9.20. The first-order valence-corrected chi connectivity index (χ1v) is 14.3. The van der Waals surface area contributed by atoms with Gasteiger partial charge in [0.25, 0.3) is 0 Å². The van der Waals surface area contributed by atoms with Crippen molar-refractivity contribution < 1.29 is 9.59 Å². The Kier molecular flexibility index (Phi) is 6.08. The number of hydrogen-bond donors (Lipinski definition) is 1. The van der Waals surface area contributed by atoms with Gasteiger partial charge in [0.05, 0.1) is 11.4 Å². The van der Waals surface area contributed by atoms with Crippen LogP contribution in [-0.2, 0) is 9.59 Å². The number of nitrogens with zero attached hydrogens (tertiary/aromatic N) is 2. The number of piperidine rings is 1. The van der Waals surface area contributed by atoms with E-state index in [1.165, 1.54) is 12.8 Å². The number of hydrogen-bond acceptors (Lipinski definition) is 3. The van der Waals surface area contributed by atoms with E-state index in [4.69, 9.17) is 0 Å². The summed E-state index contributed by atoms with van der Waals surface area (Å²) < 4.78 is 0. The van der Waals surface area contributed by atoms with Crippen molar-refractivity contribution in [3.63, 3.8) is 0 Å². The van der Waals surface area contributed by atoms with E-state index in [-0.39, 0.29) is 22.7 Å². The number of carbonyl (C=O) groups excluding carboxylic acids is 2. The Morgan fingerprint density at radius 1 is 0.838 bits per heavy atom. The van der Waals surface area contributed by atoms with E-state index in [9.17, 15) is 9.59 Å². The molecule has 1 heterocycles. The molecule has 5 nitrogen and oxygen atoms in total. The normalized spacial score (nSPS) is 36.8. The number of carbonyl (C=O) groups is 2. The van der Waals surface area contributed by atoms with Crippen LogP contribution in [0.4, 0.5) is 11.4 Å². The average molecular weight is 500 g/mol. The smallest absolute Gasteiger partial charge is 0.242 e. The largest absolute Gasteiger partial charge is 0.342 e. The lowest BCUT2D eigenvalue weighted by Gasteiger charge is -2.61. The van der Waals surface area contributed by atoms with Crippen LogP contribution in [0, 0.1) is 34.5 Å². The van der Waals surface area contributed by atoms with E-state index in [1.807, 2.05) is 72.7 Å². The number of nitrogens with one attached hydrogen (secondary N) is 1. The van der Waals surface area contributed by atoms with E-state index >= 15 is 0 Å². The Bertz CT molecular complexity index is 1110. The first-order chi connectivity index (χ1) is 17.8. The third-order valence-corrected chi connectivity index (χ3v) is 11.1. The lowest BCUT2D eigenvalue weighted by molar-refractivity contribution is -0.159. The molecule has 0 aromatic heterocycles. The van der Waals surface area contributed by atoms with Crippen LogP contribution >= 0.6 is 0 Å². The predicted octanol–water partition coefficient (Wildman–Crippen LogP) is 6.34. The average Bonchev–Trinajstić information content (AvgIpc) is 3.28. The zero-order chi connectivity index (χ0) is 25.8. The maximum Gasteiger partial charge on any atom is 0.242 e. The highest BCUT2D eigenvalue weighted by molar-refractivity contribution is 5.84. The lowest BCUT2D eigenvalue weighted by atomic mass is 9.47. The van der Waals surface area contributed by atoms with Crippen LogP contribution in [0.2, 0.25) is 0 Å². The predicted molar refractivity (Wildman–Crippen MR) is 147 cm³/mol. The molecule has 0 bridgehead atoms. The van der Waals surface area contributed by atoms with Crippen molar-refractivity contribution in [3.8, 4) is 0 Å². The zero-order valence-electron chi connectivity index (χ0n) is 22.5. The number of hydrazine groups is 1. The Hall–Kier alpha value is -2.82. The first-order valence-electron chi connectivity index (χ1n) is 14.3. The number of amides is 2. The minimum absolute atomic E-state index is 0.0227. The molecule has 0 radical (unpaired) electrons. The van der Waals surface area contributed by atoms with Gasteiger partial charge in [0.1, 0.15) is 0 Å². The Balaban J connectivity index is 1.23. The molecule has 6 rings (SSSR count). The molecule has 7 atom stereocenters. The van der Waals surface area contributed by atoms with Crippen molar-refractivity contribution in [2.45, 2.75) is 71.3 Å². The third-order valence-electron chi connectivity index (χ3n) is 11.1. The molecule has 3 aliphatic carbocycles. The molecule has 0 spiro atoms. The molecule has 3 saturated carbocycles. The number of rotatable bonds is 4. The van der Waals surface area contributed by atoms with Crippen LogP contribution in [0.5, 0.6) is 0 Å². The molecule has 1 aliphatic heterocycles. The molecular weight excluding hydrogens is 458 g/mol. The summed E-state index contributed by atoms with van der Waals surface area (Å²) in [6.45, 7) is 4.88. The summed E-state index contributed by atoms with van der Waals surface area (Å²) in [5.41, 5.74) is 5.51. The molecule has 37 heavy (non-hydrogen) atoms. The highest BCUT2D eigenvalue weighted by atomic mass is 16.2. The number of fused-ring (bicyclic) bond motifs is 5. The molecule has 1 N–H and O–H groups in total. The number of para-hydroxylation sites is 2. The molecule has 2 aromatic carbocycles. The lowest BCUT2D eigenvalue weighted by Crippen LogP contribution is -2.61. The van der Waals surface area contributed by atoms with E-state index in [0.29, 0.717) is 36.1 Å². The summed E-state index contributed by atoms with van der Waals surface area (Å²) >= 11 is 0. The van der Waals surface area contributed by atoms with Crippen LogP contribution < -0.4 is 10.4 Å². The van der Waals surface area contributed by atoms with E-state index in [1.54, 1.807) is 0 Å². The zero-order valence-corrected chi connectivity index (χ0v) is 22.5. The fraction of sp³-hybridized carbons (Fsp3) is 0.562. The highest BCUT2D eigenvalue weighted by Gasteiger charge is 2.62. The SMILES string of the molecule is CN1C(=O)CC[C@@]2(C)C1CC[C@@H]1[C@H]2CC[C@]2(C)C(C(=O)NN(c3ccccc3)c3ccccc3)CC[C@@H]12. The van der Waals surface area contributed by atoms with Gasteiger partial charge in [-0.15, -0.1) is 0 Å². The van der Waals surface area contributed by atoms with Crippen LogP contribution in [0.25, 0.3) is 0 Å². The van der Waals surface area contributed by atoms with Gasteiger partial charge in [-0.3, -0.25) is 20.0 Å². The molecule has 2 amide bonds. The number of likely N-dealkylation sites (tertiary alicyclic amines) is 1.